The molecule has 0 aliphatic heterocycles. The van der Waals surface area contributed by atoms with Gasteiger partial charge in [-0.25, -0.2) is 17.5 Å². The molecule has 0 unspecified atom stereocenters. The van der Waals surface area contributed by atoms with Gasteiger partial charge in [0.2, 0.25) is 10.0 Å². The van der Waals surface area contributed by atoms with Crippen LogP contribution in [0.5, 0.6) is 0 Å². The molecule has 0 saturated carbocycles. The predicted molar refractivity (Wildman–Crippen MR) is 84.4 cm³/mol. The Kier molecular flexibility index (Phi) is 7.35. The third-order valence-corrected chi connectivity index (χ3v) is 5.47. The van der Waals surface area contributed by atoms with E-state index in [9.17, 15) is 12.8 Å². The first kappa shape index (κ1) is 18.6. The van der Waals surface area contributed by atoms with Gasteiger partial charge in [-0.15, -0.1) is 0 Å². The molecule has 0 amide bonds. The molecule has 1 aromatic rings. The molecule has 0 saturated heterocycles. The number of nitrogens with two attached hydrogens (primary N) is 1. The summed E-state index contributed by atoms with van der Waals surface area (Å²) in [4.78, 5) is -0.582. The van der Waals surface area contributed by atoms with E-state index in [4.69, 9.17) is 22.1 Å². The molecule has 5 nitrogen and oxygen atoms in total. The second-order valence-electron chi connectivity index (χ2n) is 4.26. The van der Waals surface area contributed by atoms with Gasteiger partial charge in [0.1, 0.15) is 4.90 Å². The lowest BCUT2D eigenvalue weighted by molar-refractivity contribution is 0.136. The van der Waals surface area contributed by atoms with E-state index < -0.39 is 20.7 Å². The molecule has 3 N–H and O–H groups in total. The number of unbranched alkanes of at least 4 members (excludes halogenated alkanes) is 1. The van der Waals surface area contributed by atoms with Crippen LogP contribution in [0.1, 0.15) is 19.8 Å². The van der Waals surface area contributed by atoms with Crippen LogP contribution >= 0.6 is 27.5 Å². The minimum absolute atomic E-state index is 0.0217. The summed E-state index contributed by atoms with van der Waals surface area (Å²) in [5.74, 6) is -1.04. The van der Waals surface area contributed by atoms with Gasteiger partial charge < -0.3 is 10.5 Å². The zero-order valence-electron chi connectivity index (χ0n) is 11.5. The molecule has 0 aromatic heterocycles. The van der Waals surface area contributed by atoms with Crippen LogP contribution in [0.25, 0.3) is 0 Å². The van der Waals surface area contributed by atoms with E-state index in [0.717, 1.165) is 18.9 Å². The summed E-state index contributed by atoms with van der Waals surface area (Å²) in [5, 5.41) is 0.0217. The fourth-order valence-corrected chi connectivity index (χ4v) is 3.16. The lowest BCUT2D eigenvalue weighted by Gasteiger charge is -2.11. The Morgan fingerprint density at radius 2 is 2.14 bits per heavy atom. The van der Waals surface area contributed by atoms with Crippen LogP contribution in [0.2, 0.25) is 5.02 Å². The summed E-state index contributed by atoms with van der Waals surface area (Å²) in [6.07, 6.45) is 1.90. The number of sulfonamides is 1. The van der Waals surface area contributed by atoms with Crippen molar-refractivity contribution in [2.24, 2.45) is 0 Å². The second kappa shape index (κ2) is 8.28. The summed E-state index contributed by atoms with van der Waals surface area (Å²) >= 11 is 8.79. The van der Waals surface area contributed by atoms with Crippen molar-refractivity contribution in [3.8, 4) is 0 Å². The molecule has 0 heterocycles. The number of benzene rings is 1. The fourth-order valence-electron chi connectivity index (χ4n) is 1.47. The highest BCUT2D eigenvalue weighted by Crippen LogP contribution is 2.34. The number of rotatable bonds is 8. The Bertz CT molecular complexity index is 599. The van der Waals surface area contributed by atoms with Crippen LogP contribution in [0.3, 0.4) is 0 Å². The van der Waals surface area contributed by atoms with Crippen molar-refractivity contribution in [1.82, 2.24) is 4.72 Å². The van der Waals surface area contributed by atoms with Gasteiger partial charge in [-0.05, 0) is 28.4 Å². The lowest BCUT2D eigenvalue weighted by Crippen LogP contribution is -2.28. The standard InChI is InChI=1S/C12H17BrClFN2O3S/c1-2-3-5-20-6-4-17-21(18,19)9-7-8(14)10(13)12(16)11(9)15/h7,17H,2-6,16H2,1H3. The van der Waals surface area contributed by atoms with Crippen LogP contribution in [0.15, 0.2) is 15.4 Å². The number of nitrogens with one attached hydrogen (secondary N) is 1. The Labute approximate surface area is 137 Å². The number of halogens is 3. The van der Waals surface area contributed by atoms with Crippen molar-refractivity contribution < 1.29 is 17.5 Å². The van der Waals surface area contributed by atoms with Crippen LogP contribution in [0, 0.1) is 5.82 Å². The number of anilines is 1. The molecule has 0 radical (unpaired) electrons. The average molecular weight is 404 g/mol. The maximum absolute atomic E-state index is 13.9. The minimum Gasteiger partial charge on any atom is -0.395 e. The van der Waals surface area contributed by atoms with E-state index in [1.165, 1.54) is 0 Å². The molecule has 9 heteroatoms. The SMILES string of the molecule is CCCCOCCNS(=O)(=O)c1cc(Cl)c(Br)c(N)c1F. The maximum atomic E-state index is 13.9. The van der Waals surface area contributed by atoms with Crippen molar-refractivity contribution in [2.45, 2.75) is 24.7 Å². The van der Waals surface area contributed by atoms with Crippen molar-refractivity contribution >= 4 is 43.2 Å². The van der Waals surface area contributed by atoms with E-state index in [-0.39, 0.29) is 28.3 Å². The molecule has 21 heavy (non-hydrogen) atoms. The van der Waals surface area contributed by atoms with Crippen molar-refractivity contribution in [3.63, 3.8) is 0 Å². The molecule has 120 valence electrons. The summed E-state index contributed by atoms with van der Waals surface area (Å²) in [6, 6.07) is 1.01. The Hall–Kier alpha value is -0.410. The normalized spacial score (nSPS) is 11.8. The molecule has 0 aliphatic carbocycles. The number of hydrogen-bond donors (Lipinski definition) is 2. The molecule has 0 spiro atoms. The van der Waals surface area contributed by atoms with Gasteiger partial charge in [-0.2, -0.15) is 0 Å². The van der Waals surface area contributed by atoms with Gasteiger partial charge in [0.05, 0.1) is 21.8 Å². The molecule has 1 aromatic carbocycles. The quantitative estimate of drug-likeness (QED) is 0.397. The van der Waals surface area contributed by atoms with E-state index in [1.807, 2.05) is 6.92 Å². The highest BCUT2D eigenvalue weighted by Gasteiger charge is 2.23. The zero-order valence-corrected chi connectivity index (χ0v) is 14.6. The largest absolute Gasteiger partial charge is 0.395 e. The molecule has 0 atom stereocenters. The highest BCUT2D eigenvalue weighted by molar-refractivity contribution is 9.10. The molecule has 0 aliphatic rings. The Morgan fingerprint density at radius 3 is 2.76 bits per heavy atom. The first-order chi connectivity index (χ1) is 9.81. The van der Waals surface area contributed by atoms with Gasteiger partial charge in [0, 0.05) is 13.2 Å². The number of nitrogen functional groups attached to an aromatic ring is 1. The van der Waals surface area contributed by atoms with E-state index >= 15 is 0 Å². The third kappa shape index (κ3) is 5.07. The van der Waals surface area contributed by atoms with Gasteiger partial charge in [0.15, 0.2) is 5.82 Å². The third-order valence-electron chi connectivity index (χ3n) is 2.63. The smallest absolute Gasteiger partial charge is 0.243 e. The Morgan fingerprint density at radius 1 is 1.48 bits per heavy atom. The van der Waals surface area contributed by atoms with Crippen molar-refractivity contribution in [2.75, 3.05) is 25.5 Å². The van der Waals surface area contributed by atoms with Crippen LogP contribution in [-0.4, -0.2) is 28.2 Å². The Balaban J connectivity index is 2.75. The summed E-state index contributed by atoms with van der Waals surface area (Å²) in [6.45, 7) is 2.83. The van der Waals surface area contributed by atoms with Crippen LogP contribution in [-0.2, 0) is 14.8 Å². The van der Waals surface area contributed by atoms with Gasteiger partial charge >= 0.3 is 0 Å². The first-order valence-corrected chi connectivity index (χ1v) is 8.97. The molecule has 0 fully saturated rings. The van der Waals surface area contributed by atoms with Crippen molar-refractivity contribution in [3.05, 3.63) is 21.4 Å². The van der Waals surface area contributed by atoms with Crippen LogP contribution in [0.4, 0.5) is 10.1 Å². The van der Waals surface area contributed by atoms with E-state index in [1.54, 1.807) is 0 Å². The van der Waals surface area contributed by atoms with Gasteiger partial charge in [-0.3, -0.25) is 0 Å². The fraction of sp³-hybridized carbons (Fsp3) is 0.500. The van der Waals surface area contributed by atoms with Gasteiger partial charge in [-0.1, -0.05) is 24.9 Å². The maximum Gasteiger partial charge on any atom is 0.243 e. The molecular weight excluding hydrogens is 387 g/mol. The highest BCUT2D eigenvalue weighted by atomic mass is 79.9. The molecule has 0 bridgehead atoms. The van der Waals surface area contributed by atoms with Crippen LogP contribution < -0.4 is 10.5 Å². The number of hydrogen-bond acceptors (Lipinski definition) is 4. The van der Waals surface area contributed by atoms with Gasteiger partial charge in [0.25, 0.3) is 0 Å². The first-order valence-electron chi connectivity index (χ1n) is 6.31. The molecular formula is C12H17BrClFN2O3S. The van der Waals surface area contributed by atoms with E-state index in [0.29, 0.717) is 6.61 Å². The second-order valence-corrected chi connectivity index (χ2v) is 7.20. The topological polar surface area (TPSA) is 81.4 Å². The summed E-state index contributed by atoms with van der Waals surface area (Å²) < 4.78 is 45.6. The monoisotopic (exact) mass is 402 g/mol. The average Bonchev–Trinajstić information content (AvgIpc) is 2.44. The zero-order chi connectivity index (χ0) is 16.0. The summed E-state index contributed by atoms with van der Waals surface area (Å²) in [7, 11) is -4.04. The van der Waals surface area contributed by atoms with Crippen molar-refractivity contribution in [1.29, 1.82) is 0 Å². The minimum atomic E-state index is -4.04. The summed E-state index contributed by atoms with van der Waals surface area (Å²) in [5.41, 5.74) is 5.12. The predicted octanol–water partition coefficient (Wildman–Crippen LogP) is 2.92. The van der Waals surface area contributed by atoms with E-state index in [2.05, 4.69) is 20.7 Å². The lowest BCUT2D eigenvalue weighted by atomic mass is 10.3. The molecule has 1 rings (SSSR count). The number of ether oxygens (including phenoxy) is 1.